The lowest BCUT2D eigenvalue weighted by Gasteiger charge is -2.17. The molecule has 1 aromatic rings. The molecule has 0 atom stereocenters. The standard InChI is InChI=1S/C10H12Cl2N4O2/c1-16(5-9(13)15-18)10(17)14-6-2-3-7(11)8(12)4-6/h2-4,18H,5H2,1H3,(H2,13,15)(H,14,17). The van der Waals surface area contributed by atoms with E-state index in [-0.39, 0.29) is 12.4 Å². The molecule has 0 fully saturated rings. The fourth-order valence-corrected chi connectivity index (χ4v) is 1.44. The van der Waals surface area contributed by atoms with Gasteiger partial charge in [0.1, 0.15) is 0 Å². The number of nitrogens with zero attached hydrogens (tertiary/aromatic N) is 2. The van der Waals surface area contributed by atoms with E-state index in [2.05, 4.69) is 10.5 Å². The van der Waals surface area contributed by atoms with Gasteiger partial charge in [-0.15, -0.1) is 0 Å². The highest BCUT2D eigenvalue weighted by molar-refractivity contribution is 6.42. The van der Waals surface area contributed by atoms with Crippen molar-refractivity contribution in [1.82, 2.24) is 4.90 Å². The summed E-state index contributed by atoms with van der Waals surface area (Å²) in [5.41, 5.74) is 5.79. The first-order chi connectivity index (χ1) is 8.43. The van der Waals surface area contributed by atoms with Gasteiger partial charge in [0.25, 0.3) is 0 Å². The predicted octanol–water partition coefficient (Wildman–Crippen LogP) is 2.20. The molecule has 0 saturated heterocycles. The monoisotopic (exact) mass is 290 g/mol. The number of hydrogen-bond donors (Lipinski definition) is 3. The Morgan fingerprint density at radius 2 is 2.17 bits per heavy atom. The number of carbonyl (C=O) groups excluding carboxylic acids is 1. The van der Waals surface area contributed by atoms with Gasteiger partial charge in [-0.1, -0.05) is 28.4 Å². The minimum atomic E-state index is -0.417. The molecule has 0 saturated carbocycles. The predicted molar refractivity (Wildman–Crippen MR) is 71.5 cm³/mol. The number of rotatable bonds is 3. The van der Waals surface area contributed by atoms with Crippen LogP contribution in [0.4, 0.5) is 10.5 Å². The zero-order chi connectivity index (χ0) is 13.7. The first kappa shape index (κ1) is 14.4. The molecule has 0 heterocycles. The lowest BCUT2D eigenvalue weighted by atomic mass is 10.3. The van der Waals surface area contributed by atoms with Crippen molar-refractivity contribution in [3.8, 4) is 0 Å². The highest BCUT2D eigenvalue weighted by Crippen LogP contribution is 2.25. The first-order valence-corrected chi connectivity index (χ1v) is 5.63. The summed E-state index contributed by atoms with van der Waals surface area (Å²) in [6.45, 7) is 0.00363. The number of amides is 2. The Morgan fingerprint density at radius 1 is 1.50 bits per heavy atom. The van der Waals surface area contributed by atoms with Crippen LogP contribution in [0, 0.1) is 0 Å². The summed E-state index contributed by atoms with van der Waals surface area (Å²) >= 11 is 11.6. The van der Waals surface area contributed by atoms with E-state index in [1.165, 1.54) is 18.0 Å². The molecule has 2 amide bonds. The topological polar surface area (TPSA) is 90.9 Å². The van der Waals surface area contributed by atoms with Crippen LogP contribution >= 0.6 is 23.2 Å². The Balaban J connectivity index is 2.66. The SMILES string of the molecule is CN(CC(N)=NO)C(=O)Nc1ccc(Cl)c(Cl)c1. The van der Waals surface area contributed by atoms with E-state index >= 15 is 0 Å². The summed E-state index contributed by atoms with van der Waals surface area (Å²) in [6.07, 6.45) is 0. The van der Waals surface area contributed by atoms with E-state index in [9.17, 15) is 4.79 Å². The van der Waals surface area contributed by atoms with E-state index < -0.39 is 6.03 Å². The molecule has 98 valence electrons. The molecule has 1 aromatic carbocycles. The van der Waals surface area contributed by atoms with Crippen molar-refractivity contribution >= 4 is 40.8 Å². The minimum Gasteiger partial charge on any atom is -0.409 e. The smallest absolute Gasteiger partial charge is 0.321 e. The Labute approximate surface area is 114 Å². The van der Waals surface area contributed by atoms with Crippen molar-refractivity contribution in [3.63, 3.8) is 0 Å². The van der Waals surface area contributed by atoms with Crippen LogP contribution in [-0.4, -0.2) is 35.6 Å². The molecule has 4 N–H and O–H groups in total. The van der Waals surface area contributed by atoms with Crippen LogP contribution in [0.1, 0.15) is 0 Å². The van der Waals surface area contributed by atoms with Crippen LogP contribution in [0.15, 0.2) is 23.4 Å². The second-order valence-corrected chi connectivity index (χ2v) is 4.32. The Kier molecular flexibility index (Phi) is 5.06. The van der Waals surface area contributed by atoms with Crippen LogP contribution < -0.4 is 11.1 Å². The van der Waals surface area contributed by atoms with Gasteiger partial charge in [-0.2, -0.15) is 0 Å². The van der Waals surface area contributed by atoms with Crippen molar-refractivity contribution < 1.29 is 10.0 Å². The molecule has 0 aliphatic carbocycles. The number of anilines is 1. The quantitative estimate of drug-likeness (QED) is 0.345. The number of nitrogens with one attached hydrogen (secondary N) is 1. The molecule has 1 rings (SSSR count). The summed E-state index contributed by atoms with van der Waals surface area (Å²) in [7, 11) is 1.50. The Hall–Kier alpha value is -1.66. The zero-order valence-electron chi connectivity index (χ0n) is 9.52. The van der Waals surface area contributed by atoms with Gasteiger partial charge in [-0.3, -0.25) is 0 Å². The number of carbonyl (C=O) groups is 1. The summed E-state index contributed by atoms with van der Waals surface area (Å²) in [5, 5.41) is 14.5. The van der Waals surface area contributed by atoms with Gasteiger partial charge in [-0.25, -0.2) is 4.79 Å². The van der Waals surface area contributed by atoms with E-state index in [1.54, 1.807) is 12.1 Å². The molecule has 0 spiro atoms. The van der Waals surface area contributed by atoms with Crippen LogP contribution in [-0.2, 0) is 0 Å². The number of urea groups is 1. The largest absolute Gasteiger partial charge is 0.409 e. The van der Waals surface area contributed by atoms with Crippen LogP contribution in [0.2, 0.25) is 10.0 Å². The van der Waals surface area contributed by atoms with E-state index in [0.717, 1.165) is 0 Å². The van der Waals surface area contributed by atoms with Gasteiger partial charge >= 0.3 is 6.03 Å². The molecule has 8 heteroatoms. The molecule has 0 bridgehead atoms. The van der Waals surface area contributed by atoms with Crippen LogP contribution in [0.25, 0.3) is 0 Å². The summed E-state index contributed by atoms with van der Waals surface area (Å²) in [5.74, 6) is -0.0678. The first-order valence-electron chi connectivity index (χ1n) is 4.87. The molecular formula is C10H12Cl2N4O2. The third kappa shape index (κ3) is 3.97. The highest BCUT2D eigenvalue weighted by atomic mass is 35.5. The van der Waals surface area contributed by atoms with Crippen molar-refractivity contribution in [2.75, 3.05) is 18.9 Å². The van der Waals surface area contributed by atoms with Crippen molar-refractivity contribution in [1.29, 1.82) is 0 Å². The number of nitrogens with two attached hydrogens (primary N) is 1. The number of likely N-dealkylation sites (N-methyl/N-ethyl adjacent to an activating group) is 1. The maximum atomic E-state index is 11.7. The van der Waals surface area contributed by atoms with E-state index in [4.69, 9.17) is 34.1 Å². The molecule has 0 radical (unpaired) electrons. The fourth-order valence-electron chi connectivity index (χ4n) is 1.14. The van der Waals surface area contributed by atoms with Crippen molar-refractivity contribution in [3.05, 3.63) is 28.2 Å². The lowest BCUT2D eigenvalue weighted by molar-refractivity contribution is 0.227. The van der Waals surface area contributed by atoms with E-state index in [1.807, 2.05) is 0 Å². The van der Waals surface area contributed by atoms with Crippen molar-refractivity contribution in [2.24, 2.45) is 10.9 Å². The maximum absolute atomic E-state index is 11.7. The Bertz CT molecular complexity index is 479. The molecule has 0 unspecified atom stereocenters. The number of oxime groups is 1. The molecule has 6 nitrogen and oxygen atoms in total. The molecule has 0 aliphatic heterocycles. The number of halogens is 2. The summed E-state index contributed by atoms with van der Waals surface area (Å²) in [4.78, 5) is 13.0. The lowest BCUT2D eigenvalue weighted by Crippen LogP contribution is -2.38. The summed E-state index contributed by atoms with van der Waals surface area (Å²) < 4.78 is 0. The number of amidine groups is 1. The fraction of sp³-hybridized carbons (Fsp3) is 0.200. The third-order valence-electron chi connectivity index (χ3n) is 2.05. The normalized spacial score (nSPS) is 11.2. The third-order valence-corrected chi connectivity index (χ3v) is 2.78. The van der Waals surface area contributed by atoms with Gasteiger partial charge in [0.2, 0.25) is 0 Å². The maximum Gasteiger partial charge on any atom is 0.321 e. The zero-order valence-corrected chi connectivity index (χ0v) is 11.0. The number of hydrogen-bond acceptors (Lipinski definition) is 3. The average Bonchev–Trinajstić information content (AvgIpc) is 2.33. The van der Waals surface area contributed by atoms with Gasteiger partial charge in [0, 0.05) is 12.7 Å². The van der Waals surface area contributed by atoms with Gasteiger partial charge in [0.15, 0.2) is 5.84 Å². The molecular weight excluding hydrogens is 279 g/mol. The van der Waals surface area contributed by atoms with Gasteiger partial charge < -0.3 is 21.2 Å². The van der Waals surface area contributed by atoms with Gasteiger partial charge in [-0.05, 0) is 18.2 Å². The summed E-state index contributed by atoms with van der Waals surface area (Å²) in [6, 6.07) is 4.30. The second kappa shape index (κ2) is 6.32. The number of benzene rings is 1. The highest BCUT2D eigenvalue weighted by Gasteiger charge is 2.11. The molecule has 0 aliphatic rings. The minimum absolute atomic E-state index is 0.00363. The molecule has 18 heavy (non-hydrogen) atoms. The van der Waals surface area contributed by atoms with Crippen LogP contribution in [0.3, 0.4) is 0 Å². The van der Waals surface area contributed by atoms with E-state index in [0.29, 0.717) is 15.7 Å². The van der Waals surface area contributed by atoms with Crippen LogP contribution in [0.5, 0.6) is 0 Å². The second-order valence-electron chi connectivity index (χ2n) is 3.51. The van der Waals surface area contributed by atoms with Gasteiger partial charge in [0.05, 0.1) is 16.6 Å². The van der Waals surface area contributed by atoms with Crippen molar-refractivity contribution in [2.45, 2.75) is 0 Å². The Morgan fingerprint density at radius 3 is 2.72 bits per heavy atom. The average molecular weight is 291 g/mol. The molecule has 0 aromatic heterocycles.